The van der Waals surface area contributed by atoms with Crippen molar-refractivity contribution in [2.45, 2.75) is 40.0 Å². The van der Waals surface area contributed by atoms with Crippen LogP contribution < -0.4 is 11.0 Å². The van der Waals surface area contributed by atoms with Gasteiger partial charge in [0, 0.05) is 17.3 Å². The van der Waals surface area contributed by atoms with Crippen LogP contribution >= 0.6 is 0 Å². The van der Waals surface area contributed by atoms with Crippen LogP contribution in [0.15, 0.2) is 35.1 Å². The van der Waals surface area contributed by atoms with Crippen molar-refractivity contribution in [1.29, 1.82) is 0 Å². The molecule has 0 saturated carbocycles. The van der Waals surface area contributed by atoms with Crippen molar-refractivity contribution in [3.8, 4) is 5.75 Å². The molecule has 0 aliphatic heterocycles. The molecule has 0 radical (unpaired) electrons. The molecule has 0 spiro atoms. The fourth-order valence-electron chi connectivity index (χ4n) is 2.47. The van der Waals surface area contributed by atoms with Crippen molar-refractivity contribution >= 4 is 11.7 Å². The summed E-state index contributed by atoms with van der Waals surface area (Å²) in [6.45, 7) is 8.96. The number of Topliss-reactive ketones (excluding diaryl/α,β-unsaturated/α-hetero) is 1. The topological polar surface area (TPSA) is 88.4 Å². The predicted octanol–water partition coefficient (Wildman–Crippen LogP) is 2.75. The van der Waals surface area contributed by atoms with Crippen LogP contribution in [0, 0.1) is 6.92 Å². The number of pyridine rings is 1. The third kappa shape index (κ3) is 3.79. The number of aromatic hydroxyl groups is 1. The predicted molar refractivity (Wildman–Crippen MR) is 95.9 cm³/mol. The van der Waals surface area contributed by atoms with Crippen molar-refractivity contribution < 1.29 is 14.7 Å². The SMILES string of the molecule is CC(=O)c1c(O)cc(C)n(NC(=O)c2ccc(C(C)(C)C)cc2)c1=O. The molecule has 1 aromatic carbocycles. The maximum Gasteiger partial charge on any atom is 0.284 e. The molecule has 1 amide bonds. The Morgan fingerprint density at radius 3 is 2.16 bits per heavy atom. The Labute approximate surface area is 146 Å². The maximum absolute atomic E-state index is 12.4. The Morgan fingerprint density at radius 2 is 1.68 bits per heavy atom. The van der Waals surface area contributed by atoms with Gasteiger partial charge < -0.3 is 5.11 Å². The number of carbonyl (C=O) groups excluding carboxylic acids is 2. The molecule has 2 aromatic rings. The lowest BCUT2D eigenvalue weighted by Gasteiger charge is -2.19. The van der Waals surface area contributed by atoms with Gasteiger partial charge in [-0.3, -0.25) is 19.8 Å². The molecule has 0 bridgehead atoms. The summed E-state index contributed by atoms with van der Waals surface area (Å²) in [4.78, 5) is 36.4. The number of hydrogen-bond donors (Lipinski definition) is 2. The normalized spacial score (nSPS) is 11.2. The maximum atomic E-state index is 12.4. The molecule has 132 valence electrons. The lowest BCUT2D eigenvalue weighted by Crippen LogP contribution is -2.37. The van der Waals surface area contributed by atoms with Crippen LogP contribution in [-0.4, -0.2) is 21.5 Å². The molecule has 2 N–H and O–H groups in total. The molecular formula is C19H22N2O4. The van der Waals surface area contributed by atoms with Gasteiger partial charge in [-0.05, 0) is 37.0 Å². The number of ketones is 1. The highest BCUT2D eigenvalue weighted by Gasteiger charge is 2.19. The van der Waals surface area contributed by atoms with E-state index in [-0.39, 0.29) is 11.0 Å². The van der Waals surface area contributed by atoms with Crippen LogP contribution in [0.2, 0.25) is 0 Å². The molecule has 0 aliphatic carbocycles. The van der Waals surface area contributed by atoms with E-state index in [1.807, 2.05) is 12.1 Å². The Morgan fingerprint density at radius 1 is 1.12 bits per heavy atom. The fourth-order valence-corrected chi connectivity index (χ4v) is 2.47. The fraction of sp³-hybridized carbons (Fsp3) is 0.316. The molecule has 6 nitrogen and oxygen atoms in total. The van der Waals surface area contributed by atoms with Crippen molar-refractivity contribution in [2.24, 2.45) is 0 Å². The minimum Gasteiger partial charge on any atom is -0.507 e. The third-order valence-electron chi connectivity index (χ3n) is 3.95. The van der Waals surface area contributed by atoms with Crippen LogP contribution in [0.4, 0.5) is 0 Å². The molecule has 0 fully saturated rings. The monoisotopic (exact) mass is 342 g/mol. The van der Waals surface area contributed by atoms with E-state index < -0.39 is 23.0 Å². The summed E-state index contributed by atoms with van der Waals surface area (Å²) in [5.74, 6) is -1.44. The first-order chi connectivity index (χ1) is 11.5. The first-order valence-corrected chi connectivity index (χ1v) is 7.91. The van der Waals surface area contributed by atoms with Crippen LogP contribution in [0.3, 0.4) is 0 Å². The number of rotatable bonds is 3. The number of carbonyl (C=O) groups is 2. The van der Waals surface area contributed by atoms with Crippen molar-refractivity contribution in [1.82, 2.24) is 4.68 Å². The second-order valence-corrected chi connectivity index (χ2v) is 7.01. The molecule has 6 heteroatoms. The van der Waals surface area contributed by atoms with Gasteiger partial charge in [0.05, 0.1) is 0 Å². The van der Waals surface area contributed by atoms with Crippen LogP contribution in [0.25, 0.3) is 0 Å². The molecule has 0 atom stereocenters. The van der Waals surface area contributed by atoms with Gasteiger partial charge in [0.25, 0.3) is 11.5 Å². The molecule has 25 heavy (non-hydrogen) atoms. The van der Waals surface area contributed by atoms with Gasteiger partial charge in [0.2, 0.25) is 0 Å². The number of nitrogens with one attached hydrogen (secondary N) is 1. The van der Waals surface area contributed by atoms with E-state index >= 15 is 0 Å². The molecule has 0 aliphatic rings. The van der Waals surface area contributed by atoms with Gasteiger partial charge >= 0.3 is 0 Å². The summed E-state index contributed by atoms with van der Waals surface area (Å²) < 4.78 is 0.969. The number of amides is 1. The molecule has 0 unspecified atom stereocenters. The van der Waals surface area contributed by atoms with Crippen LogP contribution in [0.5, 0.6) is 5.75 Å². The standard InChI is InChI=1S/C19H22N2O4/c1-11-10-15(23)16(12(2)22)18(25)21(11)20-17(24)13-6-8-14(9-7-13)19(3,4)5/h6-10,23H,1-5H3,(H,20,24). The Balaban J connectivity index is 2.37. The highest BCUT2D eigenvalue weighted by molar-refractivity contribution is 6.00. The number of nitrogens with zero attached hydrogens (tertiary/aromatic N) is 1. The second kappa shape index (κ2) is 6.55. The number of hydrogen-bond acceptors (Lipinski definition) is 4. The molecular weight excluding hydrogens is 320 g/mol. The highest BCUT2D eigenvalue weighted by Crippen LogP contribution is 2.22. The highest BCUT2D eigenvalue weighted by atomic mass is 16.3. The lowest BCUT2D eigenvalue weighted by molar-refractivity contribution is 0.0992. The smallest absolute Gasteiger partial charge is 0.284 e. The summed E-state index contributed by atoms with van der Waals surface area (Å²) in [7, 11) is 0. The first kappa shape index (κ1) is 18.4. The Hall–Kier alpha value is -2.89. The van der Waals surface area contributed by atoms with E-state index in [2.05, 4.69) is 26.2 Å². The van der Waals surface area contributed by atoms with Crippen molar-refractivity contribution in [3.05, 3.63) is 63.1 Å². The van der Waals surface area contributed by atoms with Gasteiger partial charge in [-0.15, -0.1) is 0 Å². The number of benzene rings is 1. The van der Waals surface area contributed by atoms with Crippen molar-refractivity contribution in [2.75, 3.05) is 5.43 Å². The average molecular weight is 342 g/mol. The van der Waals surface area contributed by atoms with Gasteiger partial charge in [-0.1, -0.05) is 32.9 Å². The summed E-state index contributed by atoms with van der Waals surface area (Å²) in [6.07, 6.45) is 0. The van der Waals surface area contributed by atoms with E-state index in [1.54, 1.807) is 19.1 Å². The number of aromatic nitrogens is 1. The minimum atomic E-state index is -0.760. The minimum absolute atomic E-state index is 0.0319. The molecule has 2 rings (SSSR count). The Kier molecular flexibility index (Phi) is 4.83. The van der Waals surface area contributed by atoms with Gasteiger partial charge in [0.15, 0.2) is 5.78 Å². The molecule has 1 heterocycles. The quantitative estimate of drug-likeness (QED) is 0.840. The van der Waals surface area contributed by atoms with Crippen LogP contribution in [0.1, 0.15) is 59.7 Å². The van der Waals surface area contributed by atoms with E-state index in [1.165, 1.54) is 13.0 Å². The zero-order valence-electron chi connectivity index (χ0n) is 15.0. The zero-order valence-corrected chi connectivity index (χ0v) is 15.0. The summed E-state index contributed by atoms with van der Waals surface area (Å²) in [6, 6.07) is 8.36. The largest absolute Gasteiger partial charge is 0.507 e. The number of aryl methyl sites for hydroxylation is 1. The second-order valence-electron chi connectivity index (χ2n) is 7.01. The van der Waals surface area contributed by atoms with Crippen LogP contribution in [-0.2, 0) is 5.41 Å². The van der Waals surface area contributed by atoms with Crippen molar-refractivity contribution in [3.63, 3.8) is 0 Å². The molecule has 1 aromatic heterocycles. The summed E-state index contributed by atoms with van der Waals surface area (Å²) >= 11 is 0. The molecule has 0 saturated heterocycles. The van der Waals surface area contributed by atoms with E-state index in [0.29, 0.717) is 11.3 Å². The zero-order chi connectivity index (χ0) is 18.9. The van der Waals surface area contributed by atoms with E-state index in [0.717, 1.165) is 10.2 Å². The third-order valence-corrected chi connectivity index (χ3v) is 3.95. The Bertz CT molecular complexity index is 887. The average Bonchev–Trinajstić information content (AvgIpc) is 2.49. The van der Waals surface area contributed by atoms with Gasteiger partial charge in [-0.2, -0.15) is 0 Å². The summed E-state index contributed by atoms with van der Waals surface area (Å²) in [5, 5.41) is 9.78. The summed E-state index contributed by atoms with van der Waals surface area (Å²) in [5.41, 5.74) is 3.12. The van der Waals surface area contributed by atoms with Gasteiger partial charge in [-0.25, -0.2) is 4.68 Å². The van der Waals surface area contributed by atoms with E-state index in [9.17, 15) is 19.5 Å². The van der Waals surface area contributed by atoms with Gasteiger partial charge in [0.1, 0.15) is 11.3 Å². The lowest BCUT2D eigenvalue weighted by atomic mass is 9.87. The van der Waals surface area contributed by atoms with E-state index in [4.69, 9.17) is 0 Å². The first-order valence-electron chi connectivity index (χ1n) is 7.91.